The molecule has 0 aliphatic carbocycles. The van der Waals surface area contributed by atoms with Gasteiger partial charge in [0.25, 0.3) is 0 Å². The van der Waals surface area contributed by atoms with Gasteiger partial charge in [-0.3, -0.25) is 0 Å². The van der Waals surface area contributed by atoms with E-state index in [9.17, 15) is 0 Å². The second-order valence-electron chi connectivity index (χ2n) is 15.4. The van der Waals surface area contributed by atoms with Gasteiger partial charge in [-0.2, -0.15) is 0 Å². The number of anilines is 3. The van der Waals surface area contributed by atoms with Crippen molar-refractivity contribution >= 4 is 49.6 Å². The topological polar surface area (TPSA) is 16.4 Å². The third-order valence-electron chi connectivity index (χ3n) is 11.7. The van der Waals surface area contributed by atoms with Gasteiger partial charge >= 0.3 is 0 Å². The second-order valence-corrected chi connectivity index (χ2v) is 15.4. The molecule has 0 fully saturated rings. The van der Waals surface area contributed by atoms with Gasteiger partial charge in [-0.05, 0) is 127 Å². The molecule has 282 valence electrons. The molecule has 0 atom stereocenters. The lowest BCUT2D eigenvalue weighted by Gasteiger charge is -2.26. The van der Waals surface area contributed by atoms with E-state index >= 15 is 0 Å². The standard InChI is InChI=1S/C58H39NO/c1-2-12-46-37-49(27-24-40(46)10-1)48-16-7-15-47(36-48)43-30-34-53(35-31-43)59(54-18-8-17-50(38-54)58-39-51-13-4-6-21-57(51)60-58)52-32-28-42(29-33-52)41-22-25-45(26-23-41)56-20-9-14-44-11-3-5-19-55(44)56/h1-39H. The summed E-state index contributed by atoms with van der Waals surface area (Å²) in [5, 5.41) is 6.11. The van der Waals surface area contributed by atoms with E-state index in [-0.39, 0.29) is 0 Å². The minimum atomic E-state index is 0.849. The zero-order chi connectivity index (χ0) is 39.8. The molecule has 60 heavy (non-hydrogen) atoms. The van der Waals surface area contributed by atoms with Crippen molar-refractivity contribution in [1.29, 1.82) is 0 Å². The molecule has 10 aromatic carbocycles. The largest absolute Gasteiger partial charge is 0.456 e. The summed E-state index contributed by atoms with van der Waals surface area (Å²) in [5.74, 6) is 0.849. The van der Waals surface area contributed by atoms with Gasteiger partial charge < -0.3 is 9.32 Å². The number of para-hydroxylation sites is 1. The van der Waals surface area contributed by atoms with Crippen LogP contribution in [0, 0.1) is 0 Å². The fraction of sp³-hybridized carbons (Fsp3) is 0. The average molecular weight is 766 g/mol. The van der Waals surface area contributed by atoms with Crippen molar-refractivity contribution in [3.63, 3.8) is 0 Å². The predicted molar refractivity (Wildman–Crippen MR) is 253 cm³/mol. The van der Waals surface area contributed by atoms with Crippen LogP contribution < -0.4 is 4.90 Å². The Morgan fingerprint density at radius 2 is 0.783 bits per heavy atom. The SMILES string of the molecule is c1cc(-c2ccc(N(c3ccc(-c4ccc(-c5cccc6ccccc56)cc4)cc3)c3cccc(-c4cc5ccccc5o4)c3)cc2)cc(-c2ccc3ccccc3c2)c1. The van der Waals surface area contributed by atoms with Gasteiger partial charge in [-0.15, -0.1) is 0 Å². The first-order valence-corrected chi connectivity index (χ1v) is 20.5. The van der Waals surface area contributed by atoms with E-state index in [1.807, 2.05) is 18.2 Å². The molecule has 0 N–H and O–H groups in total. The van der Waals surface area contributed by atoms with Gasteiger partial charge in [-0.1, -0.05) is 176 Å². The molecule has 0 radical (unpaired) electrons. The van der Waals surface area contributed by atoms with E-state index in [1.54, 1.807) is 0 Å². The molecule has 0 amide bonds. The molecular weight excluding hydrogens is 727 g/mol. The Bertz CT molecular complexity index is 3260. The smallest absolute Gasteiger partial charge is 0.135 e. The summed E-state index contributed by atoms with van der Waals surface area (Å²) in [7, 11) is 0. The zero-order valence-electron chi connectivity index (χ0n) is 32.9. The Morgan fingerprint density at radius 3 is 1.53 bits per heavy atom. The van der Waals surface area contributed by atoms with Gasteiger partial charge in [0, 0.05) is 28.0 Å². The molecular formula is C58H39NO. The van der Waals surface area contributed by atoms with Crippen molar-refractivity contribution in [3.8, 4) is 55.8 Å². The lowest BCUT2D eigenvalue weighted by Crippen LogP contribution is -2.10. The molecule has 0 aliphatic heterocycles. The quantitative estimate of drug-likeness (QED) is 0.153. The van der Waals surface area contributed by atoms with Crippen molar-refractivity contribution in [2.24, 2.45) is 0 Å². The highest BCUT2D eigenvalue weighted by Gasteiger charge is 2.16. The monoisotopic (exact) mass is 765 g/mol. The molecule has 0 bridgehead atoms. The summed E-state index contributed by atoms with van der Waals surface area (Å²) in [6, 6.07) is 84.9. The van der Waals surface area contributed by atoms with Gasteiger partial charge in [0.2, 0.25) is 0 Å². The normalized spacial score (nSPS) is 11.3. The highest BCUT2D eigenvalue weighted by atomic mass is 16.3. The van der Waals surface area contributed by atoms with Crippen LogP contribution in [0.25, 0.3) is 88.3 Å². The van der Waals surface area contributed by atoms with Crippen LogP contribution in [-0.4, -0.2) is 0 Å². The van der Waals surface area contributed by atoms with Crippen molar-refractivity contribution < 1.29 is 4.42 Å². The van der Waals surface area contributed by atoms with E-state index in [1.165, 1.54) is 66.1 Å². The first-order chi connectivity index (χ1) is 29.7. The maximum Gasteiger partial charge on any atom is 0.135 e. The molecule has 0 aliphatic rings. The van der Waals surface area contributed by atoms with Gasteiger partial charge in [-0.25, -0.2) is 0 Å². The Labute approximate surface area is 349 Å². The number of fused-ring (bicyclic) bond motifs is 3. The van der Waals surface area contributed by atoms with Crippen LogP contribution in [0.4, 0.5) is 17.1 Å². The van der Waals surface area contributed by atoms with Crippen LogP contribution >= 0.6 is 0 Å². The van der Waals surface area contributed by atoms with Gasteiger partial charge in [0.15, 0.2) is 0 Å². The molecule has 0 saturated carbocycles. The minimum Gasteiger partial charge on any atom is -0.456 e. The fourth-order valence-corrected chi connectivity index (χ4v) is 8.54. The summed E-state index contributed by atoms with van der Waals surface area (Å²) >= 11 is 0. The highest BCUT2D eigenvalue weighted by Crippen LogP contribution is 2.40. The molecule has 2 nitrogen and oxygen atoms in total. The lowest BCUT2D eigenvalue weighted by molar-refractivity contribution is 0.631. The van der Waals surface area contributed by atoms with Crippen LogP contribution in [0.3, 0.4) is 0 Å². The summed E-state index contributed by atoms with van der Waals surface area (Å²) in [5.41, 5.74) is 14.7. The van der Waals surface area contributed by atoms with E-state index in [0.717, 1.165) is 39.4 Å². The van der Waals surface area contributed by atoms with E-state index in [0.29, 0.717) is 0 Å². The Hall–Kier alpha value is -7.94. The summed E-state index contributed by atoms with van der Waals surface area (Å²) in [6.07, 6.45) is 0. The number of hydrogen-bond acceptors (Lipinski definition) is 2. The summed E-state index contributed by atoms with van der Waals surface area (Å²) < 4.78 is 6.33. The van der Waals surface area contributed by atoms with Crippen LogP contribution in [-0.2, 0) is 0 Å². The van der Waals surface area contributed by atoms with Crippen molar-refractivity contribution in [3.05, 3.63) is 237 Å². The van der Waals surface area contributed by atoms with Crippen LogP contribution in [0.15, 0.2) is 241 Å². The number of furan rings is 1. The molecule has 1 aromatic heterocycles. The Balaban J connectivity index is 0.937. The average Bonchev–Trinajstić information content (AvgIpc) is 3.77. The first kappa shape index (κ1) is 35.2. The number of hydrogen-bond donors (Lipinski definition) is 0. The molecule has 0 unspecified atom stereocenters. The molecule has 11 aromatic rings. The van der Waals surface area contributed by atoms with Gasteiger partial charge in [0.1, 0.15) is 11.3 Å². The van der Waals surface area contributed by atoms with E-state index in [4.69, 9.17) is 4.42 Å². The van der Waals surface area contributed by atoms with Crippen molar-refractivity contribution in [2.45, 2.75) is 0 Å². The molecule has 0 saturated heterocycles. The Morgan fingerprint density at radius 1 is 0.267 bits per heavy atom. The number of benzene rings is 10. The van der Waals surface area contributed by atoms with E-state index < -0.39 is 0 Å². The fourth-order valence-electron chi connectivity index (χ4n) is 8.54. The van der Waals surface area contributed by atoms with E-state index in [2.05, 4.69) is 223 Å². The summed E-state index contributed by atoms with van der Waals surface area (Å²) in [6.45, 7) is 0. The minimum absolute atomic E-state index is 0.849. The third-order valence-corrected chi connectivity index (χ3v) is 11.7. The third kappa shape index (κ3) is 6.70. The predicted octanol–water partition coefficient (Wildman–Crippen LogP) is 16.5. The zero-order valence-corrected chi connectivity index (χ0v) is 32.9. The molecule has 0 spiro atoms. The van der Waals surface area contributed by atoms with Crippen LogP contribution in [0.1, 0.15) is 0 Å². The lowest BCUT2D eigenvalue weighted by atomic mass is 9.96. The maximum atomic E-state index is 6.33. The maximum absolute atomic E-state index is 6.33. The molecule has 2 heteroatoms. The number of rotatable bonds is 8. The second kappa shape index (κ2) is 15.1. The Kier molecular flexibility index (Phi) is 8.87. The van der Waals surface area contributed by atoms with Crippen LogP contribution in [0.5, 0.6) is 0 Å². The number of nitrogens with zero attached hydrogens (tertiary/aromatic N) is 1. The molecule has 11 rings (SSSR count). The summed E-state index contributed by atoms with van der Waals surface area (Å²) in [4.78, 5) is 2.33. The highest BCUT2D eigenvalue weighted by molar-refractivity contribution is 5.97. The van der Waals surface area contributed by atoms with Crippen molar-refractivity contribution in [1.82, 2.24) is 0 Å². The first-order valence-electron chi connectivity index (χ1n) is 20.5. The molecule has 1 heterocycles. The van der Waals surface area contributed by atoms with Crippen LogP contribution in [0.2, 0.25) is 0 Å². The van der Waals surface area contributed by atoms with Gasteiger partial charge in [0.05, 0.1) is 0 Å². The van der Waals surface area contributed by atoms with Crippen molar-refractivity contribution in [2.75, 3.05) is 4.90 Å².